The van der Waals surface area contributed by atoms with Gasteiger partial charge in [-0.1, -0.05) is 71.7 Å². The van der Waals surface area contributed by atoms with E-state index in [1.165, 1.54) is 18.1 Å². The first-order valence-corrected chi connectivity index (χ1v) is 16.5. The van der Waals surface area contributed by atoms with Crippen LogP contribution in [0.3, 0.4) is 0 Å². The molecule has 2 heterocycles. The molecule has 1 amide bonds. The maximum absolute atomic E-state index is 13.5. The number of aryl methyl sites for hydroxylation is 1. The molecule has 6 nitrogen and oxygen atoms in total. The molecular formula is C36H42Cl2N2O4. The summed E-state index contributed by atoms with van der Waals surface area (Å²) in [7, 11) is 0. The fourth-order valence-corrected chi connectivity index (χ4v) is 6.87. The molecule has 0 N–H and O–H groups in total. The highest BCUT2D eigenvalue weighted by Crippen LogP contribution is 2.37. The molecule has 0 aliphatic carbocycles. The number of esters is 1. The predicted molar refractivity (Wildman–Crippen MR) is 175 cm³/mol. The van der Waals surface area contributed by atoms with Crippen molar-refractivity contribution >= 4 is 35.1 Å². The van der Waals surface area contributed by atoms with Crippen LogP contribution in [0.1, 0.15) is 72.0 Å². The number of hydrogen-bond donors (Lipinski definition) is 0. The zero-order valence-corrected chi connectivity index (χ0v) is 27.0. The molecule has 0 spiro atoms. The maximum atomic E-state index is 13.5. The van der Waals surface area contributed by atoms with E-state index in [2.05, 4.69) is 41.3 Å². The summed E-state index contributed by atoms with van der Waals surface area (Å²) >= 11 is 12.4. The minimum Gasteiger partial charge on any atom is -0.463 e. The molecule has 2 aliphatic heterocycles. The van der Waals surface area contributed by atoms with Crippen LogP contribution < -0.4 is 0 Å². The molecule has 0 saturated carbocycles. The zero-order valence-electron chi connectivity index (χ0n) is 25.5. The van der Waals surface area contributed by atoms with E-state index < -0.39 is 0 Å². The van der Waals surface area contributed by atoms with Gasteiger partial charge in [0.15, 0.2) is 0 Å². The van der Waals surface area contributed by atoms with Crippen LogP contribution >= 0.6 is 23.2 Å². The number of benzene rings is 3. The van der Waals surface area contributed by atoms with Crippen LogP contribution in [0.4, 0.5) is 0 Å². The van der Waals surface area contributed by atoms with E-state index in [1.807, 2.05) is 41.3 Å². The van der Waals surface area contributed by atoms with Gasteiger partial charge in [-0.3, -0.25) is 9.59 Å². The normalized spacial score (nSPS) is 18.6. The summed E-state index contributed by atoms with van der Waals surface area (Å²) in [5.41, 5.74) is 3.91. The van der Waals surface area contributed by atoms with E-state index in [-0.39, 0.29) is 30.0 Å². The van der Waals surface area contributed by atoms with Gasteiger partial charge in [0.1, 0.15) is 6.61 Å². The van der Waals surface area contributed by atoms with Crippen molar-refractivity contribution < 1.29 is 19.1 Å². The number of halogens is 2. The van der Waals surface area contributed by atoms with Crippen molar-refractivity contribution in [1.29, 1.82) is 0 Å². The minimum atomic E-state index is -0.361. The van der Waals surface area contributed by atoms with Gasteiger partial charge in [0.25, 0.3) is 5.91 Å². The summed E-state index contributed by atoms with van der Waals surface area (Å²) < 4.78 is 11.5. The summed E-state index contributed by atoms with van der Waals surface area (Å²) in [5, 5.41) is 1.11. The van der Waals surface area contributed by atoms with Crippen LogP contribution in [0, 0.1) is 0 Å². The Morgan fingerprint density at radius 2 is 1.70 bits per heavy atom. The van der Waals surface area contributed by atoms with Crippen molar-refractivity contribution in [2.75, 3.05) is 45.9 Å². The quantitative estimate of drug-likeness (QED) is 0.161. The molecule has 1 unspecified atom stereocenters. The number of likely N-dealkylation sites (tertiary alicyclic amines) is 2. The van der Waals surface area contributed by atoms with E-state index in [9.17, 15) is 9.59 Å². The largest absolute Gasteiger partial charge is 0.463 e. The second-order valence-corrected chi connectivity index (χ2v) is 12.8. The van der Waals surface area contributed by atoms with Gasteiger partial charge >= 0.3 is 5.97 Å². The summed E-state index contributed by atoms with van der Waals surface area (Å²) in [6.07, 6.45) is 5.72. The highest BCUT2D eigenvalue weighted by molar-refractivity contribution is 6.42. The number of piperidine rings is 2. The van der Waals surface area contributed by atoms with E-state index in [1.54, 1.807) is 0 Å². The topological polar surface area (TPSA) is 59.1 Å². The lowest BCUT2D eigenvalue weighted by molar-refractivity contribution is -0.147. The van der Waals surface area contributed by atoms with Crippen molar-refractivity contribution in [3.05, 3.63) is 105 Å². The highest BCUT2D eigenvalue weighted by Gasteiger charge is 2.37. The number of hydrogen-bond acceptors (Lipinski definition) is 5. The number of rotatable bonds is 11. The molecule has 0 aromatic heterocycles. The van der Waals surface area contributed by atoms with Gasteiger partial charge in [-0.25, -0.2) is 0 Å². The average Bonchev–Trinajstić information content (AvgIpc) is 3.05. The van der Waals surface area contributed by atoms with E-state index in [4.69, 9.17) is 32.7 Å². The van der Waals surface area contributed by atoms with Crippen molar-refractivity contribution in [2.24, 2.45) is 0 Å². The van der Waals surface area contributed by atoms with Gasteiger partial charge in [-0.05, 0) is 86.0 Å². The summed E-state index contributed by atoms with van der Waals surface area (Å²) in [4.78, 5) is 29.2. The molecule has 234 valence electrons. The zero-order chi connectivity index (χ0) is 30.9. The lowest BCUT2D eigenvalue weighted by atomic mass is 9.84. The molecule has 3 aromatic carbocycles. The molecule has 44 heavy (non-hydrogen) atoms. The molecule has 8 heteroatoms. The average molecular weight is 638 g/mol. The van der Waals surface area contributed by atoms with Gasteiger partial charge in [0.05, 0.1) is 22.3 Å². The molecule has 2 aliphatic rings. The van der Waals surface area contributed by atoms with Crippen molar-refractivity contribution in [1.82, 2.24) is 9.80 Å². The third kappa shape index (κ3) is 8.42. The Balaban J connectivity index is 1.12. The Morgan fingerprint density at radius 1 is 0.909 bits per heavy atom. The molecule has 5 rings (SSSR count). The third-order valence-corrected chi connectivity index (χ3v) is 9.71. The minimum absolute atomic E-state index is 0.0959. The lowest BCUT2D eigenvalue weighted by Crippen LogP contribution is -2.45. The van der Waals surface area contributed by atoms with Crippen LogP contribution in [-0.4, -0.2) is 67.6 Å². The van der Waals surface area contributed by atoms with Gasteiger partial charge in [-0.2, -0.15) is 0 Å². The van der Waals surface area contributed by atoms with Crippen LogP contribution in [0.15, 0.2) is 72.8 Å². The van der Waals surface area contributed by atoms with E-state index in [0.29, 0.717) is 23.2 Å². The molecular weight excluding hydrogens is 595 g/mol. The fraction of sp³-hybridized carbons (Fsp3) is 0.444. The second kappa shape index (κ2) is 15.4. The van der Waals surface area contributed by atoms with E-state index in [0.717, 1.165) is 75.8 Å². The van der Waals surface area contributed by atoms with Crippen LogP contribution in [0.25, 0.3) is 0 Å². The lowest BCUT2D eigenvalue weighted by Gasteiger charge is -2.42. The SMILES string of the molecule is CC(=O)OCCOC1(c2ccccc2)CCN(CCCc2cccc(C(=O)N3CCCC(c4ccc(Cl)c(Cl)c4)C3)c2)CC1. The van der Waals surface area contributed by atoms with E-state index >= 15 is 0 Å². The number of ether oxygens (including phenoxy) is 2. The highest BCUT2D eigenvalue weighted by atomic mass is 35.5. The number of carbonyl (C=O) groups excluding carboxylic acids is 2. The molecule has 1 atom stereocenters. The maximum Gasteiger partial charge on any atom is 0.302 e. The van der Waals surface area contributed by atoms with Crippen molar-refractivity contribution in [3.63, 3.8) is 0 Å². The van der Waals surface area contributed by atoms with Gasteiger partial charge in [-0.15, -0.1) is 0 Å². The summed E-state index contributed by atoms with van der Waals surface area (Å²) in [6, 6.07) is 24.3. The molecule has 0 radical (unpaired) electrons. The first-order chi connectivity index (χ1) is 21.3. The Labute approximate surface area is 271 Å². The Bertz CT molecular complexity index is 1410. The third-order valence-electron chi connectivity index (χ3n) is 8.97. The summed E-state index contributed by atoms with van der Waals surface area (Å²) in [5.74, 6) is 0.0702. The first-order valence-electron chi connectivity index (χ1n) is 15.7. The molecule has 0 bridgehead atoms. The summed E-state index contributed by atoms with van der Waals surface area (Å²) in [6.45, 7) is 6.41. The Hall–Kier alpha value is -2.90. The second-order valence-electron chi connectivity index (χ2n) is 12.0. The fourth-order valence-electron chi connectivity index (χ4n) is 6.57. The van der Waals surface area contributed by atoms with Gasteiger partial charge < -0.3 is 19.3 Å². The molecule has 2 saturated heterocycles. The molecule has 3 aromatic rings. The first kappa shape index (κ1) is 32.5. The Morgan fingerprint density at radius 3 is 2.45 bits per heavy atom. The van der Waals surface area contributed by atoms with Crippen LogP contribution in [-0.2, 0) is 26.3 Å². The van der Waals surface area contributed by atoms with Gasteiger partial charge in [0, 0.05) is 44.6 Å². The van der Waals surface area contributed by atoms with Crippen LogP contribution in [0.2, 0.25) is 10.0 Å². The van der Waals surface area contributed by atoms with Crippen LogP contribution in [0.5, 0.6) is 0 Å². The number of amides is 1. The Kier molecular flexibility index (Phi) is 11.4. The van der Waals surface area contributed by atoms with Crippen molar-refractivity contribution in [3.8, 4) is 0 Å². The van der Waals surface area contributed by atoms with Gasteiger partial charge in [0.2, 0.25) is 0 Å². The van der Waals surface area contributed by atoms with Crippen molar-refractivity contribution in [2.45, 2.75) is 57.0 Å². The standard InChI is InChI=1S/C36H42Cl2N2O4/c1-27(41)43-22-23-44-36(32-12-3-2-4-13-32)16-20-39(21-17-36)18-6-9-28-8-5-10-30(24-28)35(42)40-19-7-11-31(26-40)29-14-15-33(37)34(38)25-29/h2-5,8,10,12-15,24-25,31H,6-7,9,11,16-23,26H2,1H3. The number of carbonyl (C=O) groups is 2. The molecule has 2 fully saturated rings. The smallest absolute Gasteiger partial charge is 0.302 e. The number of nitrogens with zero attached hydrogens (tertiary/aromatic N) is 2. The predicted octanol–water partition coefficient (Wildman–Crippen LogP) is 7.52. The monoisotopic (exact) mass is 636 g/mol.